The van der Waals surface area contributed by atoms with Gasteiger partial charge in [0.05, 0.1) is 6.04 Å². The SMILES string of the molecule is Oc1cccc(C(/C=C/n2cccn2)n2cccn2)c1. The van der Waals surface area contributed by atoms with Crippen LogP contribution in [0, 0.1) is 0 Å². The standard InChI is InChI=1S/C15H14N4O/c20-14-5-1-4-13(12-14)15(19-10-3-8-17-19)6-11-18-9-2-7-16-18/h1-12,15,20H/b11-6+. The first-order chi connectivity index (χ1) is 9.83. The number of hydrogen-bond donors (Lipinski definition) is 1. The summed E-state index contributed by atoms with van der Waals surface area (Å²) in [6.45, 7) is 0. The van der Waals surface area contributed by atoms with Crippen molar-refractivity contribution in [1.82, 2.24) is 19.6 Å². The van der Waals surface area contributed by atoms with Crippen molar-refractivity contribution >= 4 is 6.20 Å². The second-order valence-corrected chi connectivity index (χ2v) is 4.35. The van der Waals surface area contributed by atoms with Crippen LogP contribution in [0.5, 0.6) is 5.75 Å². The molecule has 20 heavy (non-hydrogen) atoms. The number of phenols is 1. The molecular weight excluding hydrogens is 252 g/mol. The van der Waals surface area contributed by atoms with Crippen molar-refractivity contribution in [3.8, 4) is 5.75 Å². The highest BCUT2D eigenvalue weighted by molar-refractivity contribution is 5.35. The quantitative estimate of drug-likeness (QED) is 0.789. The number of rotatable bonds is 4. The molecule has 3 rings (SSSR count). The maximum absolute atomic E-state index is 9.64. The Morgan fingerprint density at radius 1 is 1.05 bits per heavy atom. The molecule has 0 aliphatic rings. The van der Waals surface area contributed by atoms with E-state index in [0.717, 1.165) is 5.56 Å². The monoisotopic (exact) mass is 266 g/mol. The Balaban J connectivity index is 1.96. The molecule has 1 N–H and O–H groups in total. The molecule has 0 saturated carbocycles. The van der Waals surface area contributed by atoms with Crippen LogP contribution < -0.4 is 0 Å². The topological polar surface area (TPSA) is 55.9 Å². The van der Waals surface area contributed by atoms with E-state index < -0.39 is 0 Å². The first-order valence-corrected chi connectivity index (χ1v) is 6.28. The number of phenolic OH excluding ortho intramolecular Hbond substituents is 1. The first kappa shape index (κ1) is 12.2. The molecule has 0 radical (unpaired) electrons. The summed E-state index contributed by atoms with van der Waals surface area (Å²) >= 11 is 0. The maximum atomic E-state index is 9.64. The smallest absolute Gasteiger partial charge is 0.115 e. The average molecular weight is 266 g/mol. The summed E-state index contributed by atoms with van der Waals surface area (Å²) in [6, 6.07) is 10.8. The highest BCUT2D eigenvalue weighted by Crippen LogP contribution is 2.22. The Hall–Kier alpha value is -2.82. The number of aromatic nitrogens is 4. The van der Waals surface area contributed by atoms with Gasteiger partial charge < -0.3 is 5.11 Å². The van der Waals surface area contributed by atoms with Gasteiger partial charge in [0.2, 0.25) is 0 Å². The Labute approximate surface area is 116 Å². The minimum Gasteiger partial charge on any atom is -0.508 e. The van der Waals surface area contributed by atoms with Gasteiger partial charge in [-0.1, -0.05) is 12.1 Å². The van der Waals surface area contributed by atoms with Gasteiger partial charge in [-0.05, 0) is 35.9 Å². The number of hydrogen-bond acceptors (Lipinski definition) is 3. The molecule has 0 fully saturated rings. The zero-order chi connectivity index (χ0) is 13.8. The molecule has 1 unspecified atom stereocenters. The minimum atomic E-state index is -0.0960. The molecule has 5 nitrogen and oxygen atoms in total. The lowest BCUT2D eigenvalue weighted by Gasteiger charge is -2.14. The molecule has 100 valence electrons. The van der Waals surface area contributed by atoms with Gasteiger partial charge in [0, 0.05) is 31.0 Å². The van der Waals surface area contributed by atoms with Crippen LogP contribution in [-0.4, -0.2) is 24.7 Å². The van der Waals surface area contributed by atoms with Gasteiger partial charge in [-0.15, -0.1) is 0 Å². The molecule has 2 aromatic heterocycles. The Bertz CT molecular complexity index is 687. The van der Waals surface area contributed by atoms with E-state index in [9.17, 15) is 5.11 Å². The van der Waals surface area contributed by atoms with Crippen molar-refractivity contribution < 1.29 is 5.11 Å². The minimum absolute atomic E-state index is 0.0960. The van der Waals surface area contributed by atoms with E-state index in [4.69, 9.17) is 0 Å². The van der Waals surface area contributed by atoms with E-state index in [-0.39, 0.29) is 11.8 Å². The molecule has 0 bridgehead atoms. The van der Waals surface area contributed by atoms with Gasteiger partial charge in [-0.25, -0.2) is 4.68 Å². The molecule has 5 heteroatoms. The van der Waals surface area contributed by atoms with Gasteiger partial charge in [-0.3, -0.25) is 4.68 Å². The van der Waals surface area contributed by atoms with Gasteiger partial charge in [0.25, 0.3) is 0 Å². The molecular formula is C15H14N4O. The van der Waals surface area contributed by atoms with Crippen molar-refractivity contribution in [2.24, 2.45) is 0 Å². The lowest BCUT2D eigenvalue weighted by atomic mass is 10.1. The molecule has 1 aromatic carbocycles. The van der Waals surface area contributed by atoms with Crippen molar-refractivity contribution in [1.29, 1.82) is 0 Å². The number of nitrogens with zero attached hydrogens (tertiary/aromatic N) is 4. The summed E-state index contributed by atoms with van der Waals surface area (Å²) in [6.07, 6.45) is 11.1. The fourth-order valence-corrected chi connectivity index (χ4v) is 2.04. The Kier molecular flexibility index (Phi) is 3.33. The second kappa shape index (κ2) is 5.44. The van der Waals surface area contributed by atoms with Gasteiger partial charge in [-0.2, -0.15) is 10.2 Å². The van der Waals surface area contributed by atoms with Crippen LogP contribution in [0.3, 0.4) is 0 Å². The predicted molar refractivity (Wildman–Crippen MR) is 76.0 cm³/mol. The summed E-state index contributed by atoms with van der Waals surface area (Å²) in [5.74, 6) is 0.243. The molecule has 0 saturated heterocycles. The zero-order valence-electron chi connectivity index (χ0n) is 10.7. The van der Waals surface area contributed by atoms with Crippen molar-refractivity contribution in [2.75, 3.05) is 0 Å². The molecule has 0 amide bonds. The highest BCUT2D eigenvalue weighted by atomic mass is 16.3. The van der Waals surface area contributed by atoms with Crippen LogP contribution in [-0.2, 0) is 0 Å². The normalized spacial score (nSPS) is 12.8. The van der Waals surface area contributed by atoms with E-state index in [0.29, 0.717) is 0 Å². The summed E-state index contributed by atoms with van der Waals surface area (Å²) in [7, 11) is 0. The summed E-state index contributed by atoms with van der Waals surface area (Å²) in [5.41, 5.74) is 0.956. The third-order valence-corrected chi connectivity index (χ3v) is 2.97. The second-order valence-electron chi connectivity index (χ2n) is 4.35. The van der Waals surface area contributed by atoms with Crippen LogP contribution in [0.2, 0.25) is 0 Å². The van der Waals surface area contributed by atoms with Crippen LogP contribution in [0.25, 0.3) is 6.20 Å². The lowest BCUT2D eigenvalue weighted by Crippen LogP contribution is -2.09. The summed E-state index contributed by atoms with van der Waals surface area (Å²) in [4.78, 5) is 0. The molecule has 0 aliphatic carbocycles. The van der Waals surface area contributed by atoms with Crippen LogP contribution >= 0.6 is 0 Å². The van der Waals surface area contributed by atoms with Crippen LogP contribution in [0.1, 0.15) is 11.6 Å². The van der Waals surface area contributed by atoms with Gasteiger partial charge in [0.15, 0.2) is 0 Å². The fraction of sp³-hybridized carbons (Fsp3) is 0.0667. The van der Waals surface area contributed by atoms with E-state index in [1.807, 2.05) is 53.6 Å². The first-order valence-electron chi connectivity index (χ1n) is 6.28. The maximum Gasteiger partial charge on any atom is 0.115 e. The number of aromatic hydroxyl groups is 1. The van der Waals surface area contributed by atoms with Crippen molar-refractivity contribution in [2.45, 2.75) is 6.04 Å². The fourth-order valence-electron chi connectivity index (χ4n) is 2.04. The highest BCUT2D eigenvalue weighted by Gasteiger charge is 2.11. The van der Waals surface area contributed by atoms with Crippen LogP contribution in [0.15, 0.2) is 67.3 Å². The predicted octanol–water partition coefficient (Wildman–Crippen LogP) is 2.55. The average Bonchev–Trinajstić information content (AvgIpc) is 3.12. The molecule has 3 aromatic rings. The number of benzene rings is 1. The number of allylic oxidation sites excluding steroid dienone is 1. The van der Waals surface area contributed by atoms with E-state index in [2.05, 4.69) is 10.2 Å². The molecule has 0 aliphatic heterocycles. The van der Waals surface area contributed by atoms with Crippen LogP contribution in [0.4, 0.5) is 0 Å². The Morgan fingerprint density at radius 2 is 1.90 bits per heavy atom. The van der Waals surface area contributed by atoms with E-state index >= 15 is 0 Å². The van der Waals surface area contributed by atoms with Gasteiger partial charge in [0.1, 0.15) is 5.75 Å². The van der Waals surface area contributed by atoms with Gasteiger partial charge >= 0.3 is 0 Å². The van der Waals surface area contributed by atoms with E-state index in [1.54, 1.807) is 29.2 Å². The summed E-state index contributed by atoms with van der Waals surface area (Å²) in [5, 5.41) is 18.0. The zero-order valence-corrected chi connectivity index (χ0v) is 10.7. The third-order valence-electron chi connectivity index (χ3n) is 2.97. The Morgan fingerprint density at radius 3 is 2.60 bits per heavy atom. The molecule has 0 spiro atoms. The lowest BCUT2D eigenvalue weighted by molar-refractivity contribution is 0.473. The van der Waals surface area contributed by atoms with Crippen molar-refractivity contribution in [3.63, 3.8) is 0 Å². The molecule has 2 heterocycles. The molecule has 1 atom stereocenters. The van der Waals surface area contributed by atoms with E-state index in [1.165, 1.54) is 0 Å². The third kappa shape index (κ3) is 2.61. The largest absolute Gasteiger partial charge is 0.508 e. The summed E-state index contributed by atoms with van der Waals surface area (Å²) < 4.78 is 3.55. The van der Waals surface area contributed by atoms with Crippen molar-refractivity contribution in [3.05, 3.63) is 72.8 Å².